The standard InChI is InChI=1S/C6H11NS/c1-4-8-6(2)5-7-3/h4-5,7H,1H2,2-3H3/b6-5+. The highest BCUT2D eigenvalue weighted by atomic mass is 32.2. The van der Waals surface area contributed by atoms with Crippen molar-refractivity contribution in [2.75, 3.05) is 7.05 Å². The summed E-state index contributed by atoms with van der Waals surface area (Å²) in [5, 5.41) is 4.73. The maximum absolute atomic E-state index is 3.58. The molecule has 2 heteroatoms. The Bertz CT molecular complexity index is 96.7. The van der Waals surface area contributed by atoms with Crippen LogP contribution in [0.25, 0.3) is 0 Å². The van der Waals surface area contributed by atoms with Gasteiger partial charge in [-0.3, -0.25) is 0 Å². The molecule has 0 unspecified atom stereocenters. The molecule has 0 radical (unpaired) electrons. The van der Waals surface area contributed by atoms with E-state index in [2.05, 4.69) is 11.9 Å². The van der Waals surface area contributed by atoms with Gasteiger partial charge in [0, 0.05) is 18.2 Å². The topological polar surface area (TPSA) is 12.0 Å². The van der Waals surface area contributed by atoms with Crippen LogP contribution in [0.4, 0.5) is 0 Å². The van der Waals surface area contributed by atoms with Gasteiger partial charge in [0.2, 0.25) is 0 Å². The lowest BCUT2D eigenvalue weighted by atomic mass is 10.7. The first kappa shape index (κ1) is 7.63. The summed E-state index contributed by atoms with van der Waals surface area (Å²) in [4.78, 5) is 1.22. The normalized spacial score (nSPS) is 11.0. The Labute approximate surface area is 54.9 Å². The second kappa shape index (κ2) is 4.78. The zero-order chi connectivity index (χ0) is 6.41. The first-order valence-corrected chi connectivity index (χ1v) is 3.31. The molecule has 0 saturated heterocycles. The molecule has 0 aliphatic heterocycles. The molecule has 0 aliphatic carbocycles. The van der Waals surface area contributed by atoms with Crippen molar-refractivity contribution in [3.8, 4) is 0 Å². The van der Waals surface area contributed by atoms with Crippen molar-refractivity contribution in [1.29, 1.82) is 0 Å². The largest absolute Gasteiger partial charge is 0.393 e. The predicted octanol–water partition coefficient (Wildman–Crippen LogP) is 1.94. The summed E-state index contributed by atoms with van der Waals surface area (Å²) in [6, 6.07) is 0. The van der Waals surface area contributed by atoms with E-state index in [1.165, 1.54) is 4.91 Å². The Morgan fingerprint density at radius 2 is 2.38 bits per heavy atom. The minimum atomic E-state index is 1.22. The van der Waals surface area contributed by atoms with Crippen LogP contribution in [0.3, 0.4) is 0 Å². The number of rotatable bonds is 3. The van der Waals surface area contributed by atoms with Gasteiger partial charge in [-0.05, 0) is 12.3 Å². The maximum atomic E-state index is 3.58. The molecule has 0 spiro atoms. The highest BCUT2D eigenvalue weighted by Crippen LogP contribution is 2.12. The van der Waals surface area contributed by atoms with Gasteiger partial charge in [0.1, 0.15) is 0 Å². The number of nitrogens with one attached hydrogen (secondary N) is 1. The quantitative estimate of drug-likeness (QED) is 0.625. The smallest absolute Gasteiger partial charge is 0.00587 e. The number of thioether (sulfide) groups is 1. The molecule has 0 amide bonds. The molecule has 0 saturated carbocycles. The fourth-order valence-corrected chi connectivity index (χ4v) is 0.818. The minimum absolute atomic E-state index is 1.22. The lowest BCUT2D eigenvalue weighted by Crippen LogP contribution is -1.91. The lowest BCUT2D eigenvalue weighted by Gasteiger charge is -1.91. The van der Waals surface area contributed by atoms with Crippen LogP contribution < -0.4 is 5.32 Å². The number of allylic oxidation sites excluding steroid dienone is 1. The van der Waals surface area contributed by atoms with Crippen molar-refractivity contribution < 1.29 is 0 Å². The second-order valence-corrected chi connectivity index (χ2v) is 2.54. The van der Waals surface area contributed by atoms with Gasteiger partial charge in [-0.15, -0.1) is 11.8 Å². The molecule has 46 valence electrons. The van der Waals surface area contributed by atoms with E-state index in [9.17, 15) is 0 Å². The van der Waals surface area contributed by atoms with Crippen LogP contribution in [0.15, 0.2) is 23.1 Å². The summed E-state index contributed by atoms with van der Waals surface area (Å²) in [5.41, 5.74) is 0. The first-order valence-electron chi connectivity index (χ1n) is 2.43. The summed E-state index contributed by atoms with van der Waals surface area (Å²) in [6.07, 6.45) is 1.94. The zero-order valence-electron chi connectivity index (χ0n) is 5.27. The summed E-state index contributed by atoms with van der Waals surface area (Å²) < 4.78 is 0. The van der Waals surface area contributed by atoms with Crippen LogP contribution in [0, 0.1) is 0 Å². The molecule has 0 fully saturated rings. The van der Waals surface area contributed by atoms with Crippen molar-refractivity contribution >= 4 is 11.8 Å². The Morgan fingerprint density at radius 3 is 2.75 bits per heavy atom. The number of hydrogen-bond acceptors (Lipinski definition) is 2. The van der Waals surface area contributed by atoms with Crippen molar-refractivity contribution in [3.05, 3.63) is 23.1 Å². The fraction of sp³-hybridized carbons (Fsp3) is 0.333. The summed E-state index contributed by atoms with van der Waals surface area (Å²) in [6.45, 7) is 5.61. The van der Waals surface area contributed by atoms with Crippen LogP contribution in [0.2, 0.25) is 0 Å². The molecule has 0 aromatic rings. The SMILES string of the molecule is C=CS/C(C)=C/NC. The zero-order valence-corrected chi connectivity index (χ0v) is 6.09. The Morgan fingerprint density at radius 1 is 1.75 bits per heavy atom. The van der Waals surface area contributed by atoms with Gasteiger partial charge in [0.05, 0.1) is 0 Å². The van der Waals surface area contributed by atoms with Crippen LogP contribution in [-0.4, -0.2) is 7.05 Å². The van der Waals surface area contributed by atoms with Gasteiger partial charge in [0.25, 0.3) is 0 Å². The highest BCUT2D eigenvalue weighted by Gasteiger charge is 1.79. The van der Waals surface area contributed by atoms with Gasteiger partial charge in [-0.1, -0.05) is 6.58 Å². The summed E-state index contributed by atoms with van der Waals surface area (Å²) in [5.74, 6) is 0. The van der Waals surface area contributed by atoms with Crippen molar-refractivity contribution in [2.45, 2.75) is 6.92 Å². The average Bonchev–Trinajstić information content (AvgIpc) is 1.68. The van der Waals surface area contributed by atoms with Gasteiger partial charge in [-0.2, -0.15) is 0 Å². The molecular weight excluding hydrogens is 118 g/mol. The van der Waals surface area contributed by atoms with Crippen molar-refractivity contribution in [3.63, 3.8) is 0 Å². The Balaban J connectivity index is 3.44. The summed E-state index contributed by atoms with van der Waals surface area (Å²) in [7, 11) is 1.88. The molecule has 0 heterocycles. The molecule has 0 aromatic heterocycles. The van der Waals surface area contributed by atoms with Gasteiger partial charge >= 0.3 is 0 Å². The molecule has 8 heavy (non-hydrogen) atoms. The number of hydrogen-bond donors (Lipinski definition) is 1. The lowest BCUT2D eigenvalue weighted by molar-refractivity contribution is 1.09. The first-order chi connectivity index (χ1) is 3.81. The van der Waals surface area contributed by atoms with Crippen molar-refractivity contribution in [1.82, 2.24) is 5.32 Å². The van der Waals surface area contributed by atoms with Crippen LogP contribution in [0.1, 0.15) is 6.92 Å². The highest BCUT2D eigenvalue weighted by molar-refractivity contribution is 8.05. The van der Waals surface area contributed by atoms with Gasteiger partial charge < -0.3 is 5.32 Å². The fourth-order valence-electron chi connectivity index (χ4n) is 0.369. The molecule has 0 rings (SSSR count). The molecule has 0 aliphatic rings. The van der Waals surface area contributed by atoms with E-state index in [-0.39, 0.29) is 0 Å². The third kappa shape index (κ3) is 3.81. The van der Waals surface area contributed by atoms with E-state index < -0.39 is 0 Å². The predicted molar refractivity (Wildman–Crippen MR) is 40.6 cm³/mol. The van der Waals surface area contributed by atoms with Crippen LogP contribution in [0.5, 0.6) is 0 Å². The molecule has 0 atom stereocenters. The van der Waals surface area contributed by atoms with E-state index in [0.29, 0.717) is 0 Å². The van der Waals surface area contributed by atoms with E-state index in [1.54, 1.807) is 11.8 Å². The Hall–Kier alpha value is -0.370. The summed E-state index contributed by atoms with van der Waals surface area (Å²) >= 11 is 1.62. The second-order valence-electron chi connectivity index (χ2n) is 1.33. The van der Waals surface area contributed by atoms with Gasteiger partial charge in [0.15, 0.2) is 0 Å². The van der Waals surface area contributed by atoms with Gasteiger partial charge in [-0.25, -0.2) is 0 Å². The van der Waals surface area contributed by atoms with Crippen molar-refractivity contribution in [2.24, 2.45) is 0 Å². The molecule has 1 nitrogen and oxygen atoms in total. The average molecular weight is 129 g/mol. The van der Waals surface area contributed by atoms with E-state index >= 15 is 0 Å². The maximum Gasteiger partial charge on any atom is 0.00587 e. The third-order valence-electron chi connectivity index (χ3n) is 0.617. The molecular formula is C6H11NS. The van der Waals surface area contributed by atoms with Crippen LogP contribution in [-0.2, 0) is 0 Å². The minimum Gasteiger partial charge on any atom is -0.393 e. The molecule has 1 N–H and O–H groups in total. The van der Waals surface area contributed by atoms with E-state index in [4.69, 9.17) is 0 Å². The molecule has 0 aromatic carbocycles. The van der Waals surface area contributed by atoms with E-state index in [0.717, 1.165) is 0 Å². The van der Waals surface area contributed by atoms with Crippen LogP contribution >= 0.6 is 11.8 Å². The third-order valence-corrected chi connectivity index (χ3v) is 1.27. The van der Waals surface area contributed by atoms with E-state index in [1.807, 2.05) is 25.6 Å². The monoisotopic (exact) mass is 129 g/mol. The molecule has 0 bridgehead atoms. The Kier molecular flexibility index (Phi) is 4.56.